The van der Waals surface area contributed by atoms with Crippen LogP contribution in [0.3, 0.4) is 0 Å². The van der Waals surface area contributed by atoms with Gasteiger partial charge >= 0.3 is 0 Å². The second-order valence-corrected chi connectivity index (χ2v) is 12.6. The summed E-state index contributed by atoms with van der Waals surface area (Å²) in [6, 6.07) is 16.5. The molecule has 1 amide bonds. The summed E-state index contributed by atoms with van der Waals surface area (Å²) in [5.74, 6) is 0.221. The number of aromatic nitrogens is 6. The Balaban J connectivity index is 1.14. The summed E-state index contributed by atoms with van der Waals surface area (Å²) in [5.41, 5.74) is 7.66. The van der Waals surface area contributed by atoms with Crippen molar-refractivity contribution in [3.8, 4) is 0 Å². The van der Waals surface area contributed by atoms with Crippen LogP contribution in [0, 0.1) is 0 Å². The number of carbonyl (C=O) groups excluding carboxylic acids is 1. The van der Waals surface area contributed by atoms with Crippen molar-refractivity contribution in [2.75, 3.05) is 17.0 Å². The van der Waals surface area contributed by atoms with Crippen LogP contribution in [0.15, 0.2) is 78.1 Å². The number of nitrogens with two attached hydrogens (primary N) is 1. The van der Waals surface area contributed by atoms with Crippen LogP contribution >= 0.6 is 0 Å². The molecule has 0 fully saturated rings. The number of nitrogen functional groups attached to an aromatic ring is 1. The van der Waals surface area contributed by atoms with Gasteiger partial charge in [-0.1, -0.05) is 30.3 Å². The number of nitrogens with zero attached hydrogens (tertiary/aromatic N) is 5. The Hall–Kier alpha value is -4.86. The van der Waals surface area contributed by atoms with E-state index in [9.17, 15) is 18.3 Å². The van der Waals surface area contributed by atoms with Crippen molar-refractivity contribution in [1.29, 1.82) is 0 Å². The van der Waals surface area contributed by atoms with E-state index in [-0.39, 0.29) is 35.4 Å². The maximum Gasteiger partial charge on any atom is 0.261 e. The lowest BCUT2D eigenvalue weighted by molar-refractivity contribution is 0.0949. The molecule has 44 heavy (non-hydrogen) atoms. The second kappa shape index (κ2) is 12.8. The zero-order valence-corrected chi connectivity index (χ0v) is 25.0. The van der Waals surface area contributed by atoms with Crippen molar-refractivity contribution in [1.82, 2.24) is 40.3 Å². The van der Waals surface area contributed by atoms with Gasteiger partial charge in [-0.2, -0.15) is 4.98 Å². The van der Waals surface area contributed by atoms with Gasteiger partial charge in [-0.05, 0) is 56.2 Å². The molecule has 14 nitrogen and oxygen atoms in total. The van der Waals surface area contributed by atoms with Crippen LogP contribution in [0.1, 0.15) is 48.1 Å². The zero-order chi connectivity index (χ0) is 31.3. The number of fused-ring (bicyclic) bond motifs is 1. The Labute approximate surface area is 254 Å². The smallest absolute Gasteiger partial charge is 0.261 e. The molecule has 0 aliphatic rings. The monoisotopic (exact) mass is 618 g/mol. The number of amides is 1. The number of hydrogen-bond acceptors (Lipinski definition) is 10. The quantitative estimate of drug-likeness (QED) is 0.114. The van der Waals surface area contributed by atoms with Crippen molar-refractivity contribution >= 4 is 38.7 Å². The molecule has 3 heterocycles. The number of sulfonamides is 1. The topological polar surface area (TPSA) is 206 Å². The Morgan fingerprint density at radius 2 is 1.91 bits per heavy atom. The first-order valence-corrected chi connectivity index (χ1v) is 15.3. The highest BCUT2D eigenvalue weighted by Gasteiger charge is 2.21. The van der Waals surface area contributed by atoms with Crippen LogP contribution in [-0.2, 0) is 23.1 Å². The van der Waals surface area contributed by atoms with Gasteiger partial charge in [-0.25, -0.2) is 18.4 Å². The molecular weight excluding hydrogens is 584 g/mol. The molecule has 0 aliphatic heterocycles. The van der Waals surface area contributed by atoms with E-state index >= 15 is 0 Å². The number of hydrogen-bond donors (Lipinski definition) is 6. The highest BCUT2D eigenvalue weighted by Crippen LogP contribution is 2.22. The first-order chi connectivity index (χ1) is 21.0. The van der Waals surface area contributed by atoms with Crippen LogP contribution < -0.4 is 21.1 Å². The molecule has 15 heteroatoms. The maximum atomic E-state index is 12.7. The summed E-state index contributed by atoms with van der Waals surface area (Å²) < 4.78 is 29.9. The van der Waals surface area contributed by atoms with Crippen molar-refractivity contribution in [3.63, 3.8) is 0 Å². The molecule has 0 unspecified atom stereocenters. The number of carbonyl (C=O) groups is 1. The van der Waals surface area contributed by atoms with Crippen LogP contribution in [0.5, 0.6) is 0 Å². The number of H-pyrrole nitrogens is 1. The van der Waals surface area contributed by atoms with Gasteiger partial charge in [0.05, 0.1) is 29.4 Å². The molecule has 1 atom stereocenters. The second-order valence-electron chi connectivity index (χ2n) is 10.9. The summed E-state index contributed by atoms with van der Waals surface area (Å²) in [6.45, 7) is 5.05. The van der Waals surface area contributed by atoms with E-state index in [0.29, 0.717) is 46.8 Å². The summed E-state index contributed by atoms with van der Waals surface area (Å²) >= 11 is 0. The minimum Gasteiger partial charge on any atom is -0.387 e. The molecule has 2 aromatic carbocycles. The number of β-amino-alcohol motifs (C(OH)–C–C–N with tert-alkyl or cyclic N) is 1. The van der Waals surface area contributed by atoms with Gasteiger partial charge in [0.1, 0.15) is 11.3 Å². The lowest BCUT2D eigenvalue weighted by Crippen LogP contribution is -2.42. The lowest BCUT2D eigenvalue weighted by Gasteiger charge is -2.28. The number of anilines is 2. The Morgan fingerprint density at radius 3 is 2.66 bits per heavy atom. The van der Waals surface area contributed by atoms with Crippen LogP contribution in [0.25, 0.3) is 11.2 Å². The molecule has 0 aliphatic carbocycles. The predicted octanol–water partition coefficient (Wildman–Crippen LogP) is 2.35. The van der Waals surface area contributed by atoms with Gasteiger partial charge in [0, 0.05) is 30.5 Å². The molecule has 0 saturated heterocycles. The van der Waals surface area contributed by atoms with E-state index in [0.717, 1.165) is 0 Å². The summed E-state index contributed by atoms with van der Waals surface area (Å²) in [6.07, 6.45) is 3.01. The number of benzene rings is 2. The van der Waals surface area contributed by atoms with Crippen LogP contribution in [0.4, 0.5) is 11.6 Å². The minimum absolute atomic E-state index is 0.106. The van der Waals surface area contributed by atoms with Crippen molar-refractivity contribution in [2.24, 2.45) is 0 Å². The van der Waals surface area contributed by atoms with Gasteiger partial charge < -0.3 is 26.0 Å². The SMILES string of the molecule is CC(C)(CCn1cnc2cc(C(=O)NCc3nc(N)n[nH]3)cnc21)NC[C@H](O)c1cccc(NS(=O)(=O)c2ccccc2)c1. The molecular formula is C29H34N10O4S. The largest absolute Gasteiger partial charge is 0.387 e. The number of aliphatic hydroxyl groups excluding tert-OH is 1. The number of rotatable bonds is 13. The zero-order valence-electron chi connectivity index (χ0n) is 24.2. The van der Waals surface area contributed by atoms with Gasteiger partial charge in [0.2, 0.25) is 5.95 Å². The van der Waals surface area contributed by atoms with Gasteiger partial charge in [0.25, 0.3) is 15.9 Å². The number of nitrogens with one attached hydrogen (secondary N) is 4. The predicted molar refractivity (Wildman–Crippen MR) is 165 cm³/mol. The summed E-state index contributed by atoms with van der Waals surface area (Å²) in [4.78, 5) is 25.6. The van der Waals surface area contributed by atoms with E-state index in [2.05, 4.69) is 40.5 Å². The third kappa shape index (κ3) is 7.55. The minimum atomic E-state index is -3.74. The van der Waals surface area contributed by atoms with Gasteiger partial charge in [-0.15, -0.1) is 5.10 Å². The highest BCUT2D eigenvalue weighted by molar-refractivity contribution is 7.92. The Morgan fingerprint density at radius 1 is 1.11 bits per heavy atom. The molecule has 0 radical (unpaired) electrons. The van der Waals surface area contributed by atoms with Crippen molar-refractivity contribution in [3.05, 3.63) is 90.1 Å². The highest BCUT2D eigenvalue weighted by atomic mass is 32.2. The Bertz CT molecular complexity index is 1850. The summed E-state index contributed by atoms with van der Waals surface area (Å²) in [7, 11) is -3.74. The van der Waals surface area contributed by atoms with Crippen molar-refractivity contribution in [2.45, 2.75) is 49.9 Å². The van der Waals surface area contributed by atoms with E-state index in [1.807, 2.05) is 18.4 Å². The average Bonchev–Trinajstić information content (AvgIpc) is 3.63. The number of imidazole rings is 1. The van der Waals surface area contributed by atoms with Crippen LogP contribution in [-0.4, -0.2) is 61.2 Å². The number of pyridine rings is 1. The Kier molecular flexibility index (Phi) is 8.89. The van der Waals surface area contributed by atoms with E-state index in [1.165, 1.54) is 18.3 Å². The van der Waals surface area contributed by atoms with Gasteiger partial charge in [-0.3, -0.25) is 14.6 Å². The fraction of sp³-hybridized carbons (Fsp3) is 0.276. The first-order valence-electron chi connectivity index (χ1n) is 13.9. The van der Waals surface area contributed by atoms with Gasteiger partial charge in [0.15, 0.2) is 5.65 Å². The van der Waals surface area contributed by atoms with E-state index in [1.54, 1.807) is 54.9 Å². The van der Waals surface area contributed by atoms with Crippen molar-refractivity contribution < 1.29 is 18.3 Å². The molecule has 0 spiro atoms. The average molecular weight is 619 g/mol. The summed E-state index contributed by atoms with van der Waals surface area (Å²) in [5, 5.41) is 23.4. The third-order valence-corrected chi connectivity index (χ3v) is 8.41. The fourth-order valence-corrected chi connectivity index (χ4v) is 5.56. The molecule has 5 aromatic rings. The van der Waals surface area contributed by atoms with E-state index in [4.69, 9.17) is 5.73 Å². The molecule has 0 saturated carbocycles. The molecule has 0 bridgehead atoms. The normalized spacial score (nSPS) is 12.7. The third-order valence-electron chi connectivity index (χ3n) is 7.01. The fourth-order valence-electron chi connectivity index (χ4n) is 4.49. The number of aryl methyl sites for hydroxylation is 1. The molecule has 7 N–H and O–H groups in total. The maximum absolute atomic E-state index is 12.7. The first kappa shape index (κ1) is 30.6. The number of aromatic amines is 1. The standard InChI is InChI=1S/C29H34N10O4S/c1-29(2,34-16-24(40)19-7-6-8-21(13-19)38-44(42,43)22-9-4-3-5-10-22)11-12-39-18-33-23-14-20(15-31-26(23)39)27(41)32-17-25-35-28(30)37-36-25/h3-10,13-15,18,24,34,38,40H,11-12,16-17H2,1-2H3,(H,32,41)(H3,30,35,36,37)/t24-/m0/s1. The molecule has 3 aromatic heterocycles. The molecule has 230 valence electrons. The van der Waals surface area contributed by atoms with E-state index < -0.39 is 16.1 Å². The molecule has 5 rings (SSSR count). The van der Waals surface area contributed by atoms with Crippen LogP contribution in [0.2, 0.25) is 0 Å². The lowest BCUT2D eigenvalue weighted by atomic mass is 9.99. The number of aliphatic hydroxyl groups is 1.